The molecule has 1 rings (SSSR count). The predicted molar refractivity (Wildman–Crippen MR) is 79.5 cm³/mol. The second-order valence-electron chi connectivity index (χ2n) is 5.59. The quantitative estimate of drug-likeness (QED) is 0.633. The fourth-order valence-corrected chi connectivity index (χ4v) is 3.34. The highest BCUT2D eigenvalue weighted by molar-refractivity contribution is 7.90. The van der Waals surface area contributed by atoms with Crippen LogP contribution in [-0.4, -0.2) is 26.7 Å². The van der Waals surface area contributed by atoms with Gasteiger partial charge in [-0.3, -0.25) is 0 Å². The van der Waals surface area contributed by atoms with Crippen molar-refractivity contribution in [3.05, 3.63) is 16.3 Å². The van der Waals surface area contributed by atoms with E-state index in [0.29, 0.717) is 6.42 Å². The summed E-state index contributed by atoms with van der Waals surface area (Å²) in [6.07, 6.45) is 6.29. The zero-order chi connectivity index (χ0) is 15.6. The minimum absolute atomic E-state index is 0.124. The number of hydrogen-bond donors (Lipinski definition) is 0. The van der Waals surface area contributed by atoms with Gasteiger partial charge in [0.2, 0.25) is 0 Å². The Morgan fingerprint density at radius 1 is 1.50 bits per heavy atom. The summed E-state index contributed by atoms with van der Waals surface area (Å²) in [6.45, 7) is 5.79. The van der Waals surface area contributed by atoms with Crippen LogP contribution in [0.4, 0.5) is 0 Å². The van der Waals surface area contributed by atoms with Crippen LogP contribution in [0.3, 0.4) is 0 Å². The summed E-state index contributed by atoms with van der Waals surface area (Å²) in [5, 5.41) is 1.43. The largest absolute Gasteiger partial charge is 0.457 e. The molecule has 0 saturated heterocycles. The minimum atomic E-state index is -3.31. The SMILES string of the molecule is C#CCC(OC(=O)c1cc(S(C)(=O)=O)cs1)C(C)(C)C. The fourth-order valence-electron chi connectivity index (χ4n) is 1.44. The Bertz CT molecular complexity index is 627. The number of carbonyl (C=O) groups is 1. The molecule has 6 heteroatoms. The summed E-state index contributed by atoms with van der Waals surface area (Å²) in [6, 6.07) is 1.33. The van der Waals surface area contributed by atoms with Crippen molar-refractivity contribution in [1.29, 1.82) is 0 Å². The summed E-state index contributed by atoms with van der Waals surface area (Å²) in [5.41, 5.74) is -0.279. The highest BCUT2D eigenvalue weighted by atomic mass is 32.2. The predicted octanol–water partition coefficient (Wildman–Crippen LogP) is 2.75. The Hall–Kier alpha value is -1.32. The normalized spacial score (nSPS) is 13.6. The van der Waals surface area contributed by atoms with Crippen molar-refractivity contribution >= 4 is 27.1 Å². The van der Waals surface area contributed by atoms with Crippen LogP contribution in [0.2, 0.25) is 0 Å². The molecular formula is C14H18O4S2. The molecule has 0 fully saturated rings. The maximum Gasteiger partial charge on any atom is 0.348 e. The number of esters is 1. The molecule has 0 aliphatic carbocycles. The maximum absolute atomic E-state index is 12.0. The third kappa shape index (κ3) is 4.36. The van der Waals surface area contributed by atoms with Crippen LogP contribution in [-0.2, 0) is 14.6 Å². The topological polar surface area (TPSA) is 60.4 Å². The van der Waals surface area contributed by atoms with Crippen molar-refractivity contribution in [2.75, 3.05) is 6.26 Å². The van der Waals surface area contributed by atoms with E-state index in [1.54, 1.807) is 0 Å². The molecule has 0 aliphatic heterocycles. The van der Waals surface area contributed by atoms with Gasteiger partial charge in [-0.2, -0.15) is 0 Å². The van der Waals surface area contributed by atoms with Crippen molar-refractivity contribution < 1.29 is 17.9 Å². The van der Waals surface area contributed by atoms with E-state index in [4.69, 9.17) is 11.2 Å². The summed E-state index contributed by atoms with van der Waals surface area (Å²) >= 11 is 1.05. The highest BCUT2D eigenvalue weighted by Gasteiger charge is 2.28. The van der Waals surface area contributed by atoms with Gasteiger partial charge in [-0.25, -0.2) is 13.2 Å². The van der Waals surface area contributed by atoms with E-state index in [-0.39, 0.29) is 15.2 Å². The van der Waals surface area contributed by atoms with Gasteiger partial charge >= 0.3 is 5.97 Å². The lowest BCUT2D eigenvalue weighted by Gasteiger charge is -2.28. The lowest BCUT2D eigenvalue weighted by molar-refractivity contribution is -0.0000472. The molecule has 4 nitrogen and oxygen atoms in total. The molecule has 0 saturated carbocycles. The first-order chi connectivity index (χ1) is 9.05. The third-order valence-electron chi connectivity index (χ3n) is 2.72. The lowest BCUT2D eigenvalue weighted by Crippen LogP contribution is -2.31. The summed E-state index contributed by atoms with van der Waals surface area (Å²) < 4.78 is 28.2. The number of hydrogen-bond acceptors (Lipinski definition) is 5. The van der Waals surface area contributed by atoms with Crippen LogP contribution >= 0.6 is 11.3 Å². The Kier molecular flexibility index (Phi) is 5.00. The first-order valence-electron chi connectivity index (χ1n) is 5.98. The van der Waals surface area contributed by atoms with Gasteiger partial charge in [0.15, 0.2) is 9.84 Å². The number of carbonyl (C=O) groups excluding carboxylic acids is 1. The molecule has 20 heavy (non-hydrogen) atoms. The van der Waals surface area contributed by atoms with E-state index in [1.807, 2.05) is 20.8 Å². The Balaban J connectivity index is 2.91. The van der Waals surface area contributed by atoms with Gasteiger partial charge in [-0.05, 0) is 11.5 Å². The summed E-state index contributed by atoms with van der Waals surface area (Å²) in [4.78, 5) is 12.4. The molecule has 1 unspecified atom stereocenters. The van der Waals surface area contributed by atoms with Crippen LogP contribution in [0, 0.1) is 17.8 Å². The van der Waals surface area contributed by atoms with Crippen LogP contribution < -0.4 is 0 Å². The van der Waals surface area contributed by atoms with E-state index in [9.17, 15) is 13.2 Å². The smallest absolute Gasteiger partial charge is 0.348 e. The highest BCUT2D eigenvalue weighted by Crippen LogP contribution is 2.27. The molecule has 1 atom stereocenters. The zero-order valence-electron chi connectivity index (χ0n) is 12.0. The second kappa shape index (κ2) is 5.98. The van der Waals surface area contributed by atoms with Crippen molar-refractivity contribution in [3.8, 4) is 12.3 Å². The van der Waals surface area contributed by atoms with Gasteiger partial charge in [0.05, 0.1) is 4.90 Å². The molecule has 110 valence electrons. The van der Waals surface area contributed by atoms with Gasteiger partial charge in [0.1, 0.15) is 11.0 Å². The number of ether oxygens (including phenoxy) is 1. The van der Waals surface area contributed by atoms with Crippen molar-refractivity contribution in [2.45, 2.75) is 38.2 Å². The molecule has 0 spiro atoms. The van der Waals surface area contributed by atoms with Gasteiger partial charge in [-0.1, -0.05) is 20.8 Å². The van der Waals surface area contributed by atoms with Crippen LogP contribution in [0.15, 0.2) is 16.3 Å². The molecule has 1 aromatic heterocycles. The van der Waals surface area contributed by atoms with E-state index in [2.05, 4.69) is 5.92 Å². The molecule has 1 aromatic rings. The van der Waals surface area contributed by atoms with Crippen molar-refractivity contribution in [3.63, 3.8) is 0 Å². The average molecular weight is 314 g/mol. The number of rotatable bonds is 4. The molecule has 0 bridgehead atoms. The molecule has 0 aromatic carbocycles. The van der Waals surface area contributed by atoms with E-state index in [0.717, 1.165) is 17.6 Å². The van der Waals surface area contributed by atoms with Gasteiger partial charge in [0.25, 0.3) is 0 Å². The Morgan fingerprint density at radius 3 is 2.50 bits per heavy atom. The zero-order valence-corrected chi connectivity index (χ0v) is 13.6. The second-order valence-corrected chi connectivity index (χ2v) is 8.51. The van der Waals surface area contributed by atoms with Crippen molar-refractivity contribution in [1.82, 2.24) is 0 Å². The Morgan fingerprint density at radius 2 is 2.10 bits per heavy atom. The first kappa shape index (κ1) is 16.7. The number of sulfone groups is 1. The molecular weight excluding hydrogens is 296 g/mol. The fraction of sp³-hybridized carbons (Fsp3) is 0.500. The molecule has 0 aliphatic rings. The standard InChI is InChI=1S/C14H18O4S2/c1-6-7-12(14(2,3)4)18-13(15)11-8-10(9-19-11)20(5,16)17/h1,8-9,12H,7H2,2-5H3. The van der Waals surface area contributed by atoms with Crippen LogP contribution in [0.5, 0.6) is 0 Å². The number of terminal acetylenes is 1. The number of thiophene rings is 1. The monoisotopic (exact) mass is 314 g/mol. The van der Waals surface area contributed by atoms with Crippen molar-refractivity contribution in [2.24, 2.45) is 5.41 Å². The van der Waals surface area contributed by atoms with Crippen LogP contribution in [0.25, 0.3) is 0 Å². The van der Waals surface area contributed by atoms with Gasteiger partial charge < -0.3 is 4.74 Å². The first-order valence-corrected chi connectivity index (χ1v) is 8.76. The minimum Gasteiger partial charge on any atom is -0.457 e. The van der Waals surface area contributed by atoms with Gasteiger partial charge in [0, 0.05) is 18.1 Å². The molecule has 0 amide bonds. The van der Waals surface area contributed by atoms with E-state index in [1.165, 1.54) is 11.4 Å². The van der Waals surface area contributed by atoms with Crippen LogP contribution in [0.1, 0.15) is 36.9 Å². The summed E-state index contributed by atoms with van der Waals surface area (Å²) in [7, 11) is -3.31. The third-order valence-corrected chi connectivity index (χ3v) is 4.87. The Labute approximate surface area is 124 Å². The average Bonchev–Trinajstić information content (AvgIpc) is 2.75. The van der Waals surface area contributed by atoms with E-state index < -0.39 is 21.9 Å². The lowest BCUT2D eigenvalue weighted by atomic mass is 9.87. The molecule has 1 heterocycles. The maximum atomic E-state index is 12.0. The van der Waals surface area contributed by atoms with Gasteiger partial charge in [-0.15, -0.1) is 23.7 Å². The van der Waals surface area contributed by atoms with E-state index >= 15 is 0 Å². The summed E-state index contributed by atoms with van der Waals surface area (Å²) in [5.74, 6) is 1.95. The molecule has 0 N–H and O–H groups in total. The molecule has 0 radical (unpaired) electrons.